The highest BCUT2D eigenvalue weighted by atomic mass is 16.2. The molecule has 0 fully saturated rings. The molecule has 2 aromatic carbocycles. The fourth-order valence-corrected chi connectivity index (χ4v) is 2.08. The lowest BCUT2D eigenvalue weighted by Crippen LogP contribution is -2.20. The Balaban J connectivity index is 0.000000461. The summed E-state index contributed by atoms with van der Waals surface area (Å²) in [6.45, 7) is 8.00. The molecule has 1 aliphatic carbocycles. The average Bonchev–Trinajstić information content (AvgIpc) is 2.56. The third-order valence-corrected chi connectivity index (χ3v) is 2.84. The summed E-state index contributed by atoms with van der Waals surface area (Å²) in [5.74, 6) is -0.816. The van der Waals surface area contributed by atoms with E-state index >= 15 is 0 Å². The van der Waals surface area contributed by atoms with E-state index in [9.17, 15) is 9.59 Å². The Morgan fingerprint density at radius 2 is 0.750 bits per heavy atom. The Bertz CT molecular complexity index is 557. The van der Waals surface area contributed by atoms with E-state index in [1.54, 1.807) is 24.3 Å². The zero-order chi connectivity index (χ0) is 15.1. The number of carbonyl (C=O) groups is 2. The normalized spacial score (nSPS) is 11.2. The summed E-state index contributed by atoms with van der Waals surface area (Å²) in [6, 6.07) is 14.4. The molecule has 3 rings (SSSR count). The molecule has 0 aromatic heterocycles. The maximum Gasteiger partial charge on any atom is 0.234 e. The zero-order valence-electron chi connectivity index (χ0n) is 12.4. The number of Topliss-reactive ketones (excluding diaryl/α,β-unsaturated/α-hetero) is 2. The zero-order valence-corrected chi connectivity index (χ0v) is 12.4. The van der Waals surface area contributed by atoms with E-state index in [4.69, 9.17) is 0 Å². The lowest BCUT2D eigenvalue weighted by Gasteiger charge is -2.16. The predicted octanol–water partition coefficient (Wildman–Crippen LogP) is 4.79. The van der Waals surface area contributed by atoms with Crippen LogP contribution in [0.25, 0.3) is 11.1 Å². The fourth-order valence-electron chi connectivity index (χ4n) is 2.08. The molecule has 0 amide bonds. The quantitative estimate of drug-likeness (QED) is 0.644. The number of hydrogen-bond acceptors (Lipinski definition) is 2. The molecule has 0 spiro atoms. The van der Waals surface area contributed by atoms with Gasteiger partial charge < -0.3 is 0 Å². The van der Waals surface area contributed by atoms with Gasteiger partial charge in [0.2, 0.25) is 11.6 Å². The monoisotopic (exact) mass is 268 g/mol. The van der Waals surface area contributed by atoms with Gasteiger partial charge in [-0.05, 0) is 11.1 Å². The SMILES string of the molecule is CC.CC.O=C1C(=O)c2ccccc2-c2ccccc21. The van der Waals surface area contributed by atoms with Crippen LogP contribution in [0.2, 0.25) is 0 Å². The minimum atomic E-state index is -0.408. The third-order valence-electron chi connectivity index (χ3n) is 2.84. The highest BCUT2D eigenvalue weighted by molar-refractivity contribution is 6.52. The number of rotatable bonds is 0. The summed E-state index contributed by atoms with van der Waals surface area (Å²) in [5.41, 5.74) is 2.71. The van der Waals surface area contributed by atoms with Gasteiger partial charge in [-0.2, -0.15) is 0 Å². The van der Waals surface area contributed by atoms with Crippen LogP contribution in [-0.4, -0.2) is 11.6 Å². The molecule has 2 heteroatoms. The first-order valence-electron chi connectivity index (χ1n) is 7.06. The molecule has 104 valence electrons. The van der Waals surface area contributed by atoms with Gasteiger partial charge in [0.1, 0.15) is 0 Å². The second kappa shape index (κ2) is 7.39. The molecule has 1 aliphatic rings. The van der Waals surface area contributed by atoms with E-state index in [0.29, 0.717) is 11.1 Å². The van der Waals surface area contributed by atoms with Crippen LogP contribution in [0.3, 0.4) is 0 Å². The third kappa shape index (κ3) is 2.69. The fraction of sp³-hybridized carbons (Fsp3) is 0.222. The summed E-state index contributed by atoms with van der Waals surface area (Å²) in [5, 5.41) is 0. The number of benzene rings is 2. The van der Waals surface area contributed by atoms with Gasteiger partial charge in [-0.1, -0.05) is 76.2 Å². The van der Waals surface area contributed by atoms with Crippen LogP contribution >= 0.6 is 0 Å². The largest absolute Gasteiger partial charge is 0.285 e. The van der Waals surface area contributed by atoms with Crippen molar-refractivity contribution in [3.63, 3.8) is 0 Å². The number of carbonyl (C=O) groups excluding carboxylic acids is 2. The number of hydrogen-bond donors (Lipinski definition) is 0. The topological polar surface area (TPSA) is 34.1 Å². The highest BCUT2D eigenvalue weighted by Crippen LogP contribution is 2.32. The van der Waals surface area contributed by atoms with Gasteiger partial charge in [0.05, 0.1) is 0 Å². The van der Waals surface area contributed by atoms with Gasteiger partial charge in [-0.15, -0.1) is 0 Å². The van der Waals surface area contributed by atoms with E-state index in [1.807, 2.05) is 52.0 Å². The maximum absolute atomic E-state index is 11.8. The smallest absolute Gasteiger partial charge is 0.234 e. The molecule has 2 aromatic rings. The summed E-state index contributed by atoms with van der Waals surface area (Å²) in [6.07, 6.45) is 0. The van der Waals surface area contributed by atoms with E-state index in [-0.39, 0.29) is 0 Å². The molecule has 0 N–H and O–H groups in total. The summed E-state index contributed by atoms with van der Waals surface area (Å²) >= 11 is 0. The van der Waals surface area contributed by atoms with Crippen molar-refractivity contribution in [1.29, 1.82) is 0 Å². The second-order valence-electron chi connectivity index (χ2n) is 3.75. The summed E-state index contributed by atoms with van der Waals surface area (Å²) < 4.78 is 0. The van der Waals surface area contributed by atoms with Gasteiger partial charge in [-0.3, -0.25) is 9.59 Å². The lowest BCUT2D eigenvalue weighted by molar-refractivity contribution is 0.0815. The van der Waals surface area contributed by atoms with Gasteiger partial charge in [0, 0.05) is 11.1 Å². The minimum absolute atomic E-state index is 0.408. The Labute approximate surface area is 120 Å². The van der Waals surface area contributed by atoms with Crippen LogP contribution in [0.15, 0.2) is 48.5 Å². The summed E-state index contributed by atoms with van der Waals surface area (Å²) in [4.78, 5) is 23.7. The molecule has 0 atom stereocenters. The number of ketones is 2. The van der Waals surface area contributed by atoms with Gasteiger partial charge in [0.15, 0.2) is 0 Å². The van der Waals surface area contributed by atoms with E-state index in [2.05, 4.69) is 0 Å². The van der Waals surface area contributed by atoms with Crippen molar-refractivity contribution < 1.29 is 9.59 Å². The minimum Gasteiger partial charge on any atom is -0.285 e. The van der Waals surface area contributed by atoms with Gasteiger partial charge in [-0.25, -0.2) is 0 Å². The molecule has 0 saturated carbocycles. The molecule has 0 radical (unpaired) electrons. The molecule has 0 bridgehead atoms. The summed E-state index contributed by atoms with van der Waals surface area (Å²) in [7, 11) is 0. The van der Waals surface area contributed by atoms with Crippen molar-refractivity contribution in [1.82, 2.24) is 0 Å². The standard InChI is InChI=1S/C14H8O2.2C2H6/c15-13-11-7-3-1-5-9(11)10-6-2-4-8-12(10)14(13)16;2*1-2/h1-8H;2*1-2H3. The van der Waals surface area contributed by atoms with Crippen LogP contribution in [0.5, 0.6) is 0 Å². The predicted molar refractivity (Wildman–Crippen MR) is 83.2 cm³/mol. The second-order valence-corrected chi connectivity index (χ2v) is 3.75. The molecular formula is C18H20O2. The Morgan fingerprint density at radius 1 is 0.500 bits per heavy atom. The number of fused-ring (bicyclic) bond motifs is 3. The average molecular weight is 268 g/mol. The highest BCUT2D eigenvalue weighted by Gasteiger charge is 2.29. The van der Waals surface area contributed by atoms with Crippen molar-refractivity contribution in [2.75, 3.05) is 0 Å². The molecule has 0 saturated heterocycles. The van der Waals surface area contributed by atoms with E-state index in [1.165, 1.54) is 0 Å². The molecule has 2 nitrogen and oxygen atoms in total. The van der Waals surface area contributed by atoms with Crippen molar-refractivity contribution in [3.8, 4) is 11.1 Å². The van der Waals surface area contributed by atoms with E-state index in [0.717, 1.165) is 11.1 Å². The molecular weight excluding hydrogens is 248 g/mol. The van der Waals surface area contributed by atoms with Crippen LogP contribution in [0.1, 0.15) is 48.4 Å². The van der Waals surface area contributed by atoms with Crippen molar-refractivity contribution >= 4 is 11.6 Å². The molecule has 0 unspecified atom stereocenters. The van der Waals surface area contributed by atoms with E-state index < -0.39 is 11.6 Å². The van der Waals surface area contributed by atoms with Crippen molar-refractivity contribution in [3.05, 3.63) is 59.7 Å². The van der Waals surface area contributed by atoms with Crippen LogP contribution in [-0.2, 0) is 0 Å². The Morgan fingerprint density at radius 3 is 1.05 bits per heavy atom. The molecule has 0 aliphatic heterocycles. The van der Waals surface area contributed by atoms with Crippen LogP contribution in [0, 0.1) is 0 Å². The van der Waals surface area contributed by atoms with Crippen molar-refractivity contribution in [2.45, 2.75) is 27.7 Å². The van der Waals surface area contributed by atoms with Crippen molar-refractivity contribution in [2.24, 2.45) is 0 Å². The van der Waals surface area contributed by atoms with Gasteiger partial charge in [0.25, 0.3) is 0 Å². The maximum atomic E-state index is 11.8. The molecule has 0 heterocycles. The van der Waals surface area contributed by atoms with Crippen LogP contribution in [0.4, 0.5) is 0 Å². The van der Waals surface area contributed by atoms with Gasteiger partial charge >= 0.3 is 0 Å². The van der Waals surface area contributed by atoms with Crippen LogP contribution < -0.4 is 0 Å². The first kappa shape index (κ1) is 15.8. The Kier molecular flexibility index (Phi) is 5.85. The first-order valence-corrected chi connectivity index (χ1v) is 7.06. The first-order chi connectivity index (χ1) is 9.79. The Hall–Kier alpha value is -2.22. The molecule has 20 heavy (non-hydrogen) atoms. The lowest BCUT2D eigenvalue weighted by atomic mass is 9.84.